The highest BCUT2D eigenvalue weighted by atomic mass is 19.4. The molecule has 1 rings (SSSR count). The van der Waals surface area contributed by atoms with Gasteiger partial charge in [-0.15, -0.1) is 0 Å². The number of anilines is 1. The van der Waals surface area contributed by atoms with Gasteiger partial charge in [0.05, 0.1) is 18.7 Å². The van der Waals surface area contributed by atoms with Gasteiger partial charge in [0, 0.05) is 19.7 Å². The number of ether oxygens (including phenoxy) is 1. The lowest BCUT2D eigenvalue weighted by Crippen LogP contribution is -2.21. The van der Waals surface area contributed by atoms with Gasteiger partial charge in [0.2, 0.25) is 0 Å². The van der Waals surface area contributed by atoms with Gasteiger partial charge in [0.25, 0.3) is 5.91 Å². The monoisotopic (exact) mass is 276 g/mol. The summed E-state index contributed by atoms with van der Waals surface area (Å²) in [6.07, 6.45) is -5.36. The van der Waals surface area contributed by atoms with Crippen molar-refractivity contribution >= 4 is 11.6 Å². The molecule has 1 aromatic carbocycles. The summed E-state index contributed by atoms with van der Waals surface area (Å²) >= 11 is 0. The van der Waals surface area contributed by atoms with Crippen molar-refractivity contribution in [1.29, 1.82) is 0 Å². The summed E-state index contributed by atoms with van der Waals surface area (Å²) in [6.45, 7) is -0.534. The molecule has 106 valence electrons. The van der Waals surface area contributed by atoms with Crippen molar-refractivity contribution in [3.63, 3.8) is 0 Å². The third kappa shape index (κ3) is 4.69. The molecule has 0 bridgehead atoms. The van der Waals surface area contributed by atoms with Gasteiger partial charge in [-0.25, -0.2) is 0 Å². The van der Waals surface area contributed by atoms with Crippen molar-refractivity contribution in [2.45, 2.75) is 12.6 Å². The maximum atomic E-state index is 12.0. The highest BCUT2D eigenvalue weighted by Gasteiger charge is 2.27. The van der Waals surface area contributed by atoms with Gasteiger partial charge < -0.3 is 15.4 Å². The van der Waals surface area contributed by atoms with E-state index >= 15 is 0 Å². The van der Waals surface area contributed by atoms with E-state index in [1.54, 1.807) is 14.1 Å². The fourth-order valence-corrected chi connectivity index (χ4v) is 1.33. The number of rotatable bonds is 4. The van der Waals surface area contributed by atoms with Crippen LogP contribution in [0.2, 0.25) is 0 Å². The average molecular weight is 276 g/mol. The van der Waals surface area contributed by atoms with Crippen LogP contribution in [-0.4, -0.2) is 37.7 Å². The molecule has 0 saturated heterocycles. The second-order valence-corrected chi connectivity index (χ2v) is 4.17. The standard InChI is InChI=1S/C12H15F3N2O2/c1-17(2)11(18)8-3-4-9(16)10(7-8)19-6-5-12(13,14)15/h3-4,7H,5-6,16H2,1-2H3. The van der Waals surface area contributed by atoms with Crippen LogP contribution >= 0.6 is 0 Å². The van der Waals surface area contributed by atoms with E-state index < -0.39 is 19.2 Å². The number of hydrogen-bond donors (Lipinski definition) is 1. The first-order chi connectivity index (χ1) is 8.70. The lowest BCUT2D eigenvalue weighted by molar-refractivity contribution is -0.139. The summed E-state index contributed by atoms with van der Waals surface area (Å²) in [5.41, 5.74) is 6.08. The lowest BCUT2D eigenvalue weighted by atomic mass is 10.1. The molecule has 0 unspecified atom stereocenters. The van der Waals surface area contributed by atoms with Crippen LogP contribution < -0.4 is 10.5 Å². The zero-order valence-corrected chi connectivity index (χ0v) is 10.6. The Morgan fingerprint density at radius 3 is 2.53 bits per heavy atom. The van der Waals surface area contributed by atoms with Crippen molar-refractivity contribution in [2.24, 2.45) is 0 Å². The fourth-order valence-electron chi connectivity index (χ4n) is 1.33. The van der Waals surface area contributed by atoms with E-state index in [9.17, 15) is 18.0 Å². The SMILES string of the molecule is CN(C)C(=O)c1ccc(N)c(OCCC(F)(F)F)c1. The van der Waals surface area contributed by atoms with Gasteiger partial charge >= 0.3 is 6.18 Å². The van der Waals surface area contributed by atoms with Gasteiger partial charge in [-0.3, -0.25) is 4.79 Å². The number of nitrogens with zero attached hydrogens (tertiary/aromatic N) is 1. The van der Waals surface area contributed by atoms with Crippen LogP contribution in [0.5, 0.6) is 5.75 Å². The quantitative estimate of drug-likeness (QED) is 0.858. The Morgan fingerprint density at radius 2 is 2.00 bits per heavy atom. The normalized spacial score (nSPS) is 11.2. The number of alkyl halides is 3. The minimum absolute atomic E-state index is 0.0805. The van der Waals surface area contributed by atoms with Crippen LogP contribution in [-0.2, 0) is 0 Å². The number of nitrogen functional groups attached to an aromatic ring is 1. The predicted octanol–water partition coefficient (Wildman–Crippen LogP) is 2.30. The van der Waals surface area contributed by atoms with Crippen LogP contribution in [0.25, 0.3) is 0 Å². The van der Waals surface area contributed by atoms with Crippen LogP contribution in [0.1, 0.15) is 16.8 Å². The highest BCUT2D eigenvalue weighted by molar-refractivity contribution is 5.94. The molecule has 0 aliphatic carbocycles. The molecular weight excluding hydrogens is 261 g/mol. The van der Waals surface area contributed by atoms with Crippen molar-refractivity contribution < 1.29 is 22.7 Å². The van der Waals surface area contributed by atoms with Crippen molar-refractivity contribution in [1.82, 2.24) is 4.90 Å². The molecule has 7 heteroatoms. The molecule has 2 N–H and O–H groups in total. The van der Waals surface area contributed by atoms with Crippen LogP contribution in [0.4, 0.5) is 18.9 Å². The Bertz CT molecular complexity index is 459. The summed E-state index contributed by atoms with van der Waals surface area (Å²) in [5, 5.41) is 0. The number of carbonyl (C=O) groups is 1. The molecule has 0 fully saturated rings. The van der Waals surface area contributed by atoms with E-state index in [2.05, 4.69) is 0 Å². The number of hydrogen-bond acceptors (Lipinski definition) is 3. The lowest BCUT2D eigenvalue weighted by Gasteiger charge is -2.14. The Kier molecular flexibility index (Phi) is 4.63. The predicted molar refractivity (Wildman–Crippen MR) is 65.0 cm³/mol. The van der Waals surface area contributed by atoms with Crippen LogP contribution in [0, 0.1) is 0 Å². The molecule has 0 radical (unpaired) electrons. The van der Waals surface area contributed by atoms with E-state index in [1.165, 1.54) is 23.1 Å². The molecular formula is C12H15F3N2O2. The molecule has 0 atom stereocenters. The van der Waals surface area contributed by atoms with E-state index in [0.717, 1.165) is 0 Å². The van der Waals surface area contributed by atoms with E-state index in [0.29, 0.717) is 5.56 Å². The highest BCUT2D eigenvalue weighted by Crippen LogP contribution is 2.25. The maximum absolute atomic E-state index is 12.0. The summed E-state index contributed by atoms with van der Waals surface area (Å²) in [6, 6.07) is 4.27. The Morgan fingerprint density at radius 1 is 1.37 bits per heavy atom. The number of benzene rings is 1. The smallest absolute Gasteiger partial charge is 0.392 e. The van der Waals surface area contributed by atoms with Gasteiger partial charge in [0.1, 0.15) is 5.75 Å². The summed E-state index contributed by atoms with van der Waals surface area (Å²) in [4.78, 5) is 13.0. The summed E-state index contributed by atoms with van der Waals surface area (Å²) in [5.74, 6) is -0.197. The third-order valence-electron chi connectivity index (χ3n) is 2.31. The minimum Gasteiger partial charge on any atom is -0.491 e. The Hall–Kier alpha value is -1.92. The van der Waals surface area contributed by atoms with Crippen molar-refractivity contribution in [3.05, 3.63) is 23.8 Å². The van der Waals surface area contributed by atoms with Gasteiger partial charge in [0.15, 0.2) is 0 Å². The topological polar surface area (TPSA) is 55.6 Å². The fraction of sp³-hybridized carbons (Fsp3) is 0.417. The summed E-state index contributed by atoms with van der Waals surface area (Å²) in [7, 11) is 3.14. The second kappa shape index (κ2) is 5.81. The molecule has 19 heavy (non-hydrogen) atoms. The number of carbonyl (C=O) groups excluding carboxylic acids is 1. The second-order valence-electron chi connectivity index (χ2n) is 4.17. The van der Waals surface area contributed by atoms with E-state index in [4.69, 9.17) is 10.5 Å². The molecule has 0 aliphatic heterocycles. The van der Waals surface area contributed by atoms with Gasteiger partial charge in [-0.1, -0.05) is 0 Å². The van der Waals surface area contributed by atoms with Crippen molar-refractivity contribution in [2.75, 3.05) is 26.4 Å². The average Bonchev–Trinajstić information content (AvgIpc) is 2.29. The minimum atomic E-state index is -4.29. The molecule has 0 aromatic heterocycles. The first-order valence-electron chi connectivity index (χ1n) is 5.51. The molecule has 1 aromatic rings. The molecule has 1 amide bonds. The zero-order chi connectivity index (χ0) is 14.6. The summed E-state index contributed by atoms with van der Waals surface area (Å²) < 4.78 is 41.0. The first-order valence-corrected chi connectivity index (χ1v) is 5.51. The molecule has 4 nitrogen and oxygen atoms in total. The number of amides is 1. The largest absolute Gasteiger partial charge is 0.491 e. The Balaban J connectivity index is 2.78. The molecule has 0 spiro atoms. The van der Waals surface area contributed by atoms with Crippen LogP contribution in [0.3, 0.4) is 0 Å². The van der Waals surface area contributed by atoms with E-state index in [-0.39, 0.29) is 17.3 Å². The maximum Gasteiger partial charge on any atom is 0.392 e. The molecule has 0 aliphatic rings. The van der Waals surface area contributed by atoms with Crippen molar-refractivity contribution in [3.8, 4) is 5.75 Å². The van der Waals surface area contributed by atoms with Gasteiger partial charge in [-0.05, 0) is 18.2 Å². The Labute approximate surface area is 108 Å². The van der Waals surface area contributed by atoms with Gasteiger partial charge in [-0.2, -0.15) is 13.2 Å². The van der Waals surface area contributed by atoms with Crippen LogP contribution in [0.15, 0.2) is 18.2 Å². The zero-order valence-electron chi connectivity index (χ0n) is 10.6. The molecule has 0 heterocycles. The number of halogens is 3. The van der Waals surface area contributed by atoms with E-state index in [1.807, 2.05) is 0 Å². The molecule has 0 saturated carbocycles. The number of nitrogens with two attached hydrogens (primary N) is 1. The third-order valence-corrected chi connectivity index (χ3v) is 2.31. The first kappa shape index (κ1) is 15.1.